The Hall–Kier alpha value is -0.500. The Morgan fingerprint density at radius 2 is 1.79 bits per heavy atom. The van der Waals surface area contributed by atoms with Crippen LogP contribution in [0.1, 0.15) is 45.4 Å². The van der Waals surface area contributed by atoms with Gasteiger partial charge in [0.1, 0.15) is 0 Å². The minimum atomic E-state index is -0.312. The first kappa shape index (κ1) is 15.9. The maximum absolute atomic E-state index is 10.6. The largest absolute Gasteiger partial charge is 0.463 e. The number of unbranched alkanes of at least 4 members (excludes halogenated alkanes) is 5. The fraction of sp³-hybridized carbons (Fsp3) is 0.727. The molecule has 14 heavy (non-hydrogen) atoms. The molecule has 0 aliphatic rings. The Bertz CT molecular complexity index is 146. The molecule has 0 saturated carbocycles. The summed E-state index contributed by atoms with van der Waals surface area (Å²) in [5, 5.41) is 0. The first-order chi connectivity index (χ1) is 6.31. The molecule has 0 N–H and O–H groups in total. The van der Waals surface area contributed by atoms with Crippen LogP contribution in [-0.2, 0) is 9.53 Å². The normalized spacial score (nSPS) is 8.93. The van der Waals surface area contributed by atoms with Gasteiger partial charge in [0.05, 0.1) is 6.61 Å². The maximum Gasteiger partial charge on any atom is 0.330 e. The van der Waals surface area contributed by atoms with Gasteiger partial charge in [0, 0.05) is 6.08 Å². The second kappa shape index (κ2) is 12.5. The van der Waals surface area contributed by atoms with E-state index in [1.165, 1.54) is 31.8 Å². The van der Waals surface area contributed by atoms with E-state index in [9.17, 15) is 4.79 Å². The summed E-state index contributed by atoms with van der Waals surface area (Å²) in [5.41, 5.74) is 0. The third-order valence-electron chi connectivity index (χ3n) is 1.91. The molecule has 0 radical (unpaired) electrons. The second-order valence-electron chi connectivity index (χ2n) is 3.14. The van der Waals surface area contributed by atoms with Crippen molar-refractivity contribution in [3.63, 3.8) is 0 Å². The summed E-state index contributed by atoms with van der Waals surface area (Å²) in [7, 11) is 0. The van der Waals surface area contributed by atoms with Gasteiger partial charge in [-0.2, -0.15) is 0 Å². The van der Waals surface area contributed by atoms with Gasteiger partial charge in [-0.1, -0.05) is 45.6 Å². The van der Waals surface area contributed by atoms with E-state index < -0.39 is 0 Å². The minimum Gasteiger partial charge on any atom is -0.463 e. The van der Waals surface area contributed by atoms with E-state index in [-0.39, 0.29) is 18.4 Å². The Balaban J connectivity index is 0. The van der Waals surface area contributed by atoms with Gasteiger partial charge in [0.25, 0.3) is 0 Å². The van der Waals surface area contributed by atoms with Crippen molar-refractivity contribution < 1.29 is 9.53 Å². The number of ether oxygens (including phenoxy) is 1. The van der Waals surface area contributed by atoms with E-state index in [4.69, 9.17) is 4.74 Å². The van der Waals surface area contributed by atoms with Crippen LogP contribution in [0.4, 0.5) is 0 Å². The van der Waals surface area contributed by atoms with E-state index in [2.05, 4.69) is 13.5 Å². The number of carbonyl (C=O) groups is 1. The lowest BCUT2D eigenvalue weighted by Gasteiger charge is -2.01. The lowest BCUT2D eigenvalue weighted by Crippen LogP contribution is -2.01. The quantitative estimate of drug-likeness (QED) is 0.356. The van der Waals surface area contributed by atoms with Gasteiger partial charge in [-0.3, -0.25) is 0 Å². The molecule has 3 heteroatoms. The topological polar surface area (TPSA) is 26.3 Å². The van der Waals surface area contributed by atoms with Crippen LogP contribution in [0.15, 0.2) is 12.7 Å². The maximum atomic E-state index is 10.6. The molecule has 0 amide bonds. The average molecular weight is 221 g/mol. The molecule has 0 spiro atoms. The van der Waals surface area contributed by atoms with Gasteiger partial charge in [0.2, 0.25) is 0 Å². The number of halogens is 1. The SMILES string of the molecule is C=CC(=O)OCCCCCCCC.Cl. The molecule has 0 aromatic heterocycles. The third-order valence-corrected chi connectivity index (χ3v) is 1.91. The van der Waals surface area contributed by atoms with Crippen LogP contribution in [0.2, 0.25) is 0 Å². The van der Waals surface area contributed by atoms with Crippen molar-refractivity contribution in [2.75, 3.05) is 6.61 Å². The molecule has 0 bridgehead atoms. The molecule has 0 rings (SSSR count). The predicted molar refractivity (Wildman–Crippen MR) is 61.8 cm³/mol. The molecule has 0 aliphatic heterocycles. The van der Waals surface area contributed by atoms with Crippen LogP contribution < -0.4 is 0 Å². The highest BCUT2D eigenvalue weighted by Gasteiger charge is 1.94. The number of carbonyl (C=O) groups excluding carboxylic acids is 1. The number of rotatable bonds is 8. The summed E-state index contributed by atoms with van der Waals surface area (Å²) in [4.78, 5) is 10.6. The third kappa shape index (κ3) is 11.5. The highest BCUT2D eigenvalue weighted by molar-refractivity contribution is 5.85. The summed E-state index contributed by atoms with van der Waals surface area (Å²) in [6.07, 6.45) is 8.47. The van der Waals surface area contributed by atoms with E-state index in [0.717, 1.165) is 12.8 Å². The van der Waals surface area contributed by atoms with E-state index in [1.54, 1.807) is 0 Å². The Labute approximate surface area is 93.1 Å². The molecule has 0 heterocycles. The van der Waals surface area contributed by atoms with Gasteiger partial charge in [-0.25, -0.2) is 4.79 Å². The van der Waals surface area contributed by atoms with Crippen LogP contribution in [0.5, 0.6) is 0 Å². The van der Waals surface area contributed by atoms with Crippen molar-refractivity contribution in [1.29, 1.82) is 0 Å². The molecular formula is C11H21ClO2. The Kier molecular flexibility index (Phi) is 14.2. The highest BCUT2D eigenvalue weighted by atomic mass is 35.5. The lowest BCUT2D eigenvalue weighted by molar-refractivity contribution is -0.137. The summed E-state index contributed by atoms with van der Waals surface area (Å²) in [6, 6.07) is 0. The molecule has 0 atom stereocenters. The number of hydrogen-bond donors (Lipinski definition) is 0. The summed E-state index contributed by atoms with van der Waals surface area (Å²) in [6.45, 7) is 6.06. The van der Waals surface area contributed by atoms with Crippen LogP contribution in [0.3, 0.4) is 0 Å². The summed E-state index contributed by atoms with van der Waals surface area (Å²) in [5.74, 6) is -0.312. The standard InChI is InChI=1S/C11H20O2.ClH/c1-3-5-6-7-8-9-10-13-11(12)4-2;/h4H,2-3,5-10H2,1H3;1H. The fourth-order valence-electron chi connectivity index (χ4n) is 1.11. The fourth-order valence-corrected chi connectivity index (χ4v) is 1.11. The second-order valence-corrected chi connectivity index (χ2v) is 3.14. The average Bonchev–Trinajstić information content (AvgIpc) is 2.16. The summed E-state index contributed by atoms with van der Waals surface area (Å²) < 4.78 is 4.84. The highest BCUT2D eigenvalue weighted by Crippen LogP contribution is 2.04. The van der Waals surface area contributed by atoms with E-state index in [0.29, 0.717) is 6.61 Å². The zero-order chi connectivity index (χ0) is 9.94. The van der Waals surface area contributed by atoms with E-state index in [1.807, 2.05) is 0 Å². The Morgan fingerprint density at radius 1 is 1.21 bits per heavy atom. The first-order valence-corrected chi connectivity index (χ1v) is 5.10. The van der Waals surface area contributed by atoms with Gasteiger partial charge in [-0.05, 0) is 6.42 Å². The number of esters is 1. The van der Waals surface area contributed by atoms with Gasteiger partial charge < -0.3 is 4.74 Å². The number of hydrogen-bond acceptors (Lipinski definition) is 2. The van der Waals surface area contributed by atoms with Gasteiger partial charge >= 0.3 is 5.97 Å². The lowest BCUT2D eigenvalue weighted by atomic mass is 10.1. The van der Waals surface area contributed by atoms with Crippen LogP contribution >= 0.6 is 12.4 Å². The molecule has 0 fully saturated rings. The minimum absolute atomic E-state index is 0. The molecule has 0 saturated heterocycles. The monoisotopic (exact) mass is 220 g/mol. The Morgan fingerprint density at radius 3 is 2.36 bits per heavy atom. The van der Waals surface area contributed by atoms with Crippen LogP contribution in [0, 0.1) is 0 Å². The van der Waals surface area contributed by atoms with Crippen molar-refractivity contribution in [2.24, 2.45) is 0 Å². The molecule has 0 aliphatic carbocycles. The van der Waals surface area contributed by atoms with Gasteiger partial charge in [0.15, 0.2) is 0 Å². The van der Waals surface area contributed by atoms with Crippen molar-refractivity contribution in [3.8, 4) is 0 Å². The molecular weight excluding hydrogens is 200 g/mol. The van der Waals surface area contributed by atoms with Crippen molar-refractivity contribution in [1.82, 2.24) is 0 Å². The summed E-state index contributed by atoms with van der Waals surface area (Å²) >= 11 is 0. The van der Waals surface area contributed by atoms with Crippen molar-refractivity contribution in [2.45, 2.75) is 45.4 Å². The molecule has 0 aromatic carbocycles. The van der Waals surface area contributed by atoms with Crippen LogP contribution in [0.25, 0.3) is 0 Å². The van der Waals surface area contributed by atoms with E-state index >= 15 is 0 Å². The smallest absolute Gasteiger partial charge is 0.330 e. The zero-order valence-electron chi connectivity index (χ0n) is 8.96. The molecule has 84 valence electrons. The van der Waals surface area contributed by atoms with Gasteiger partial charge in [-0.15, -0.1) is 12.4 Å². The van der Waals surface area contributed by atoms with Crippen molar-refractivity contribution in [3.05, 3.63) is 12.7 Å². The molecule has 2 nitrogen and oxygen atoms in total. The first-order valence-electron chi connectivity index (χ1n) is 5.10. The zero-order valence-corrected chi connectivity index (χ0v) is 9.78. The molecule has 0 unspecified atom stereocenters. The van der Waals surface area contributed by atoms with Crippen LogP contribution in [-0.4, -0.2) is 12.6 Å². The molecule has 0 aromatic rings. The predicted octanol–water partition coefficient (Wildman–Crippen LogP) is 3.50. The van der Waals surface area contributed by atoms with Crippen molar-refractivity contribution >= 4 is 18.4 Å².